The normalized spacial score (nSPS) is 21.9. The van der Waals surface area contributed by atoms with Gasteiger partial charge in [-0.3, -0.25) is 0 Å². The molecule has 1 heterocycles. The standard InChI is InChI=1S/C15H21NO2S/c1-16(10-12-8-13(18)9-12)11-15-6-5-14(19-15)4-2-3-7-17/h5-6,12-13,17-18H,3,7-11H2,1H3. The molecule has 0 bridgehead atoms. The summed E-state index contributed by atoms with van der Waals surface area (Å²) in [4.78, 5) is 4.69. The molecule has 104 valence electrons. The summed E-state index contributed by atoms with van der Waals surface area (Å²) in [5, 5.41) is 18.0. The molecule has 0 saturated heterocycles. The Hall–Kier alpha value is -0.860. The summed E-state index contributed by atoms with van der Waals surface area (Å²) < 4.78 is 0. The molecule has 0 aliphatic heterocycles. The van der Waals surface area contributed by atoms with Crippen LogP contribution >= 0.6 is 11.3 Å². The van der Waals surface area contributed by atoms with E-state index >= 15 is 0 Å². The Morgan fingerprint density at radius 2 is 2.21 bits per heavy atom. The number of thiophene rings is 1. The van der Waals surface area contributed by atoms with E-state index in [2.05, 4.69) is 29.9 Å². The molecular formula is C15H21NO2S. The van der Waals surface area contributed by atoms with E-state index < -0.39 is 0 Å². The fourth-order valence-corrected chi connectivity index (χ4v) is 3.32. The highest BCUT2D eigenvalue weighted by Crippen LogP contribution is 2.28. The van der Waals surface area contributed by atoms with Crippen LogP contribution in [-0.4, -0.2) is 41.4 Å². The Labute approximate surface area is 118 Å². The van der Waals surface area contributed by atoms with Gasteiger partial charge in [-0.2, -0.15) is 0 Å². The minimum Gasteiger partial charge on any atom is -0.395 e. The van der Waals surface area contributed by atoms with Crippen molar-refractivity contribution < 1.29 is 10.2 Å². The minimum absolute atomic E-state index is 0.0615. The third-order valence-corrected chi connectivity index (χ3v) is 4.30. The lowest BCUT2D eigenvalue weighted by molar-refractivity contribution is 0.0275. The van der Waals surface area contributed by atoms with Gasteiger partial charge in [0, 0.05) is 24.4 Å². The van der Waals surface area contributed by atoms with E-state index in [1.165, 1.54) is 4.88 Å². The monoisotopic (exact) mass is 279 g/mol. The summed E-state index contributed by atoms with van der Waals surface area (Å²) >= 11 is 1.72. The van der Waals surface area contributed by atoms with E-state index in [1.54, 1.807) is 11.3 Å². The Morgan fingerprint density at radius 3 is 2.89 bits per heavy atom. The van der Waals surface area contributed by atoms with E-state index in [4.69, 9.17) is 5.11 Å². The van der Waals surface area contributed by atoms with Crippen LogP contribution in [0.5, 0.6) is 0 Å². The molecular weight excluding hydrogens is 258 g/mol. The third-order valence-electron chi connectivity index (χ3n) is 3.32. The number of nitrogens with zero attached hydrogens (tertiary/aromatic N) is 1. The van der Waals surface area contributed by atoms with Crippen molar-refractivity contribution >= 4 is 11.3 Å². The molecule has 0 unspecified atom stereocenters. The Bertz CT molecular complexity index is 454. The topological polar surface area (TPSA) is 43.7 Å². The molecule has 0 aromatic carbocycles. The molecule has 1 aliphatic carbocycles. The zero-order valence-corrected chi connectivity index (χ0v) is 12.1. The molecule has 2 N–H and O–H groups in total. The zero-order valence-electron chi connectivity index (χ0n) is 11.3. The summed E-state index contributed by atoms with van der Waals surface area (Å²) in [6.07, 6.45) is 2.38. The van der Waals surface area contributed by atoms with Crippen molar-refractivity contribution in [1.82, 2.24) is 4.90 Å². The first-order chi connectivity index (χ1) is 9.17. The van der Waals surface area contributed by atoms with Crippen LogP contribution in [0.3, 0.4) is 0 Å². The predicted molar refractivity (Wildman–Crippen MR) is 78.0 cm³/mol. The van der Waals surface area contributed by atoms with Crippen molar-refractivity contribution in [3.05, 3.63) is 21.9 Å². The summed E-state index contributed by atoms with van der Waals surface area (Å²) in [6.45, 7) is 2.13. The lowest BCUT2D eigenvalue weighted by Crippen LogP contribution is -2.36. The van der Waals surface area contributed by atoms with Gasteiger partial charge in [-0.1, -0.05) is 11.8 Å². The fraction of sp³-hybridized carbons (Fsp3) is 0.600. The van der Waals surface area contributed by atoms with Crippen LogP contribution in [-0.2, 0) is 6.54 Å². The van der Waals surface area contributed by atoms with Crippen molar-refractivity contribution in [2.45, 2.75) is 31.9 Å². The molecule has 1 aromatic rings. The van der Waals surface area contributed by atoms with Gasteiger partial charge in [0.15, 0.2) is 0 Å². The number of hydrogen-bond acceptors (Lipinski definition) is 4. The Kier molecular flexibility index (Phi) is 5.41. The van der Waals surface area contributed by atoms with E-state index in [0.717, 1.165) is 30.8 Å². The Balaban J connectivity index is 1.77. The maximum absolute atomic E-state index is 9.28. The molecule has 0 amide bonds. The molecule has 3 nitrogen and oxygen atoms in total. The molecule has 0 radical (unpaired) electrons. The molecule has 0 atom stereocenters. The van der Waals surface area contributed by atoms with Crippen LogP contribution in [0.2, 0.25) is 0 Å². The number of rotatable bonds is 5. The highest BCUT2D eigenvalue weighted by molar-refractivity contribution is 7.12. The lowest BCUT2D eigenvalue weighted by atomic mass is 9.82. The van der Waals surface area contributed by atoms with Crippen molar-refractivity contribution in [1.29, 1.82) is 0 Å². The van der Waals surface area contributed by atoms with Gasteiger partial charge in [0.25, 0.3) is 0 Å². The van der Waals surface area contributed by atoms with Gasteiger partial charge >= 0.3 is 0 Å². The SMILES string of the molecule is CN(Cc1ccc(C#CCCO)s1)CC1CC(O)C1. The maximum atomic E-state index is 9.28. The number of aliphatic hydroxyl groups excluding tert-OH is 2. The second-order valence-corrected chi connectivity index (χ2v) is 6.40. The quantitative estimate of drug-likeness (QED) is 0.806. The van der Waals surface area contributed by atoms with Crippen LogP contribution in [0.1, 0.15) is 29.0 Å². The van der Waals surface area contributed by atoms with Crippen molar-refractivity contribution in [3.8, 4) is 11.8 Å². The summed E-state index contributed by atoms with van der Waals surface area (Å²) in [5.74, 6) is 6.66. The van der Waals surface area contributed by atoms with Gasteiger partial charge in [-0.25, -0.2) is 0 Å². The second-order valence-electron chi connectivity index (χ2n) is 5.23. The van der Waals surface area contributed by atoms with Gasteiger partial charge in [0.2, 0.25) is 0 Å². The minimum atomic E-state index is -0.0615. The molecule has 19 heavy (non-hydrogen) atoms. The lowest BCUT2D eigenvalue weighted by Gasteiger charge is -2.34. The first-order valence-electron chi connectivity index (χ1n) is 6.72. The molecule has 2 rings (SSSR count). The molecule has 4 heteroatoms. The number of aliphatic hydroxyl groups is 2. The molecule has 0 spiro atoms. The highest BCUT2D eigenvalue weighted by atomic mass is 32.1. The average Bonchev–Trinajstić information content (AvgIpc) is 2.75. The fourth-order valence-electron chi connectivity index (χ4n) is 2.36. The predicted octanol–water partition coefficient (Wildman–Crippen LogP) is 1.68. The highest BCUT2D eigenvalue weighted by Gasteiger charge is 2.27. The first-order valence-corrected chi connectivity index (χ1v) is 7.54. The van der Waals surface area contributed by atoms with E-state index in [-0.39, 0.29) is 12.7 Å². The Morgan fingerprint density at radius 1 is 1.42 bits per heavy atom. The van der Waals surface area contributed by atoms with Crippen LogP contribution in [0.15, 0.2) is 12.1 Å². The average molecular weight is 279 g/mol. The maximum Gasteiger partial charge on any atom is 0.0771 e. The zero-order chi connectivity index (χ0) is 13.7. The summed E-state index contributed by atoms with van der Waals surface area (Å²) in [7, 11) is 2.13. The summed E-state index contributed by atoms with van der Waals surface area (Å²) in [5.41, 5.74) is 0. The molecule has 1 aromatic heterocycles. The smallest absolute Gasteiger partial charge is 0.0771 e. The van der Waals surface area contributed by atoms with Gasteiger partial charge in [-0.15, -0.1) is 11.3 Å². The van der Waals surface area contributed by atoms with E-state index in [0.29, 0.717) is 12.3 Å². The molecule has 1 aliphatic rings. The van der Waals surface area contributed by atoms with E-state index in [1.807, 2.05) is 6.07 Å². The number of hydrogen-bond donors (Lipinski definition) is 2. The van der Waals surface area contributed by atoms with Crippen LogP contribution < -0.4 is 0 Å². The van der Waals surface area contributed by atoms with Gasteiger partial charge in [-0.05, 0) is 37.9 Å². The summed E-state index contributed by atoms with van der Waals surface area (Å²) in [6, 6.07) is 4.17. The van der Waals surface area contributed by atoms with Gasteiger partial charge < -0.3 is 15.1 Å². The van der Waals surface area contributed by atoms with Crippen molar-refractivity contribution in [2.24, 2.45) is 5.92 Å². The first kappa shape index (κ1) is 14.5. The van der Waals surface area contributed by atoms with Crippen LogP contribution in [0.4, 0.5) is 0 Å². The van der Waals surface area contributed by atoms with Crippen molar-refractivity contribution in [3.63, 3.8) is 0 Å². The third kappa shape index (κ3) is 4.63. The van der Waals surface area contributed by atoms with Gasteiger partial charge in [0.1, 0.15) is 0 Å². The van der Waals surface area contributed by atoms with Crippen LogP contribution in [0, 0.1) is 17.8 Å². The molecule has 1 saturated carbocycles. The second kappa shape index (κ2) is 7.06. The van der Waals surface area contributed by atoms with Crippen molar-refractivity contribution in [2.75, 3.05) is 20.2 Å². The molecule has 1 fully saturated rings. The van der Waals surface area contributed by atoms with Gasteiger partial charge in [0.05, 0.1) is 17.6 Å². The largest absolute Gasteiger partial charge is 0.395 e. The van der Waals surface area contributed by atoms with Crippen LogP contribution in [0.25, 0.3) is 0 Å². The van der Waals surface area contributed by atoms with E-state index in [9.17, 15) is 5.11 Å².